The maximum atomic E-state index is 11.1. The Hall–Kier alpha value is -0.220. The quantitative estimate of drug-likeness (QED) is 0.735. The minimum Gasteiger partial charge on any atom is -0.369 e. The highest BCUT2D eigenvalue weighted by Crippen LogP contribution is 2.26. The molecule has 2 aliphatic heterocycles. The normalized spacial score (nSPS) is 34.6. The van der Waals surface area contributed by atoms with Crippen LogP contribution in [0.3, 0.4) is 0 Å². The lowest BCUT2D eigenvalue weighted by atomic mass is 9.96. The topological polar surface area (TPSA) is 46.3 Å². The van der Waals surface area contributed by atoms with Gasteiger partial charge in [0.25, 0.3) is 0 Å². The third kappa shape index (κ3) is 2.23. The zero-order chi connectivity index (χ0) is 9.97. The van der Waals surface area contributed by atoms with Crippen LogP contribution in [0.4, 0.5) is 0 Å². The SMILES string of the molecule is NC(=O)[C@@H]1CCCN([C@@H]2CCSC2)C1. The molecule has 2 aliphatic rings. The van der Waals surface area contributed by atoms with E-state index in [4.69, 9.17) is 5.73 Å². The number of hydrogen-bond donors (Lipinski definition) is 1. The van der Waals surface area contributed by atoms with E-state index in [2.05, 4.69) is 4.90 Å². The molecule has 0 aromatic rings. The van der Waals surface area contributed by atoms with Crippen LogP contribution >= 0.6 is 11.8 Å². The molecule has 0 aromatic heterocycles. The molecule has 0 spiro atoms. The fourth-order valence-corrected chi connectivity index (χ4v) is 3.64. The number of thioether (sulfide) groups is 1. The number of primary amides is 1. The molecule has 2 N–H and O–H groups in total. The lowest BCUT2D eigenvalue weighted by Crippen LogP contribution is -2.46. The highest BCUT2D eigenvalue weighted by Gasteiger charge is 2.30. The van der Waals surface area contributed by atoms with Gasteiger partial charge < -0.3 is 5.73 Å². The zero-order valence-corrected chi connectivity index (χ0v) is 9.26. The molecule has 0 aromatic carbocycles. The van der Waals surface area contributed by atoms with Crippen molar-refractivity contribution in [2.45, 2.75) is 25.3 Å². The van der Waals surface area contributed by atoms with E-state index in [1.807, 2.05) is 11.8 Å². The van der Waals surface area contributed by atoms with Crippen molar-refractivity contribution >= 4 is 17.7 Å². The van der Waals surface area contributed by atoms with Crippen LogP contribution in [0, 0.1) is 5.92 Å². The average molecular weight is 214 g/mol. The van der Waals surface area contributed by atoms with Crippen molar-refractivity contribution in [1.82, 2.24) is 4.90 Å². The van der Waals surface area contributed by atoms with Crippen LogP contribution in [-0.2, 0) is 4.79 Å². The van der Waals surface area contributed by atoms with Gasteiger partial charge in [-0.1, -0.05) is 0 Å². The summed E-state index contributed by atoms with van der Waals surface area (Å²) in [5, 5.41) is 0. The van der Waals surface area contributed by atoms with Crippen molar-refractivity contribution in [2.75, 3.05) is 24.6 Å². The van der Waals surface area contributed by atoms with E-state index < -0.39 is 0 Å². The predicted molar refractivity (Wildman–Crippen MR) is 59.2 cm³/mol. The second kappa shape index (κ2) is 4.53. The molecule has 2 heterocycles. The standard InChI is InChI=1S/C10H18N2OS/c11-10(13)8-2-1-4-12(6-8)9-3-5-14-7-9/h8-9H,1-7H2,(H2,11,13)/t8-,9-/m1/s1. The van der Waals surface area contributed by atoms with Crippen LogP contribution in [0.5, 0.6) is 0 Å². The highest BCUT2D eigenvalue weighted by atomic mass is 32.2. The fourth-order valence-electron chi connectivity index (χ4n) is 2.38. The number of likely N-dealkylation sites (tertiary alicyclic amines) is 1. The molecule has 4 heteroatoms. The molecule has 3 nitrogen and oxygen atoms in total. The van der Waals surface area contributed by atoms with E-state index in [0.717, 1.165) is 25.9 Å². The molecular weight excluding hydrogens is 196 g/mol. The van der Waals surface area contributed by atoms with Crippen LogP contribution in [0.15, 0.2) is 0 Å². The molecule has 0 saturated carbocycles. The van der Waals surface area contributed by atoms with Gasteiger partial charge in [0.15, 0.2) is 0 Å². The fraction of sp³-hybridized carbons (Fsp3) is 0.900. The molecule has 80 valence electrons. The molecule has 2 saturated heterocycles. The van der Waals surface area contributed by atoms with Gasteiger partial charge in [-0.25, -0.2) is 0 Å². The second-order valence-corrected chi connectivity index (χ2v) is 5.40. The molecule has 2 fully saturated rings. The summed E-state index contributed by atoms with van der Waals surface area (Å²) < 4.78 is 0. The Morgan fingerprint density at radius 1 is 1.43 bits per heavy atom. The first-order valence-corrected chi connectivity index (χ1v) is 6.54. The second-order valence-electron chi connectivity index (χ2n) is 4.25. The van der Waals surface area contributed by atoms with Crippen molar-refractivity contribution in [1.29, 1.82) is 0 Å². The lowest BCUT2D eigenvalue weighted by Gasteiger charge is -2.35. The number of amides is 1. The van der Waals surface area contributed by atoms with Crippen LogP contribution in [0.2, 0.25) is 0 Å². The average Bonchev–Trinajstić information content (AvgIpc) is 2.71. The first-order chi connectivity index (χ1) is 6.77. The van der Waals surface area contributed by atoms with Crippen molar-refractivity contribution in [3.05, 3.63) is 0 Å². The number of carbonyl (C=O) groups excluding carboxylic acids is 1. The van der Waals surface area contributed by atoms with E-state index in [1.54, 1.807) is 0 Å². The summed E-state index contributed by atoms with van der Waals surface area (Å²) in [4.78, 5) is 13.6. The minimum absolute atomic E-state index is 0.106. The Balaban J connectivity index is 1.89. The number of hydrogen-bond acceptors (Lipinski definition) is 3. The monoisotopic (exact) mass is 214 g/mol. The summed E-state index contributed by atoms with van der Waals surface area (Å²) in [5.74, 6) is 2.52. The number of nitrogens with zero attached hydrogens (tertiary/aromatic N) is 1. The number of nitrogens with two attached hydrogens (primary N) is 1. The molecule has 14 heavy (non-hydrogen) atoms. The molecule has 0 radical (unpaired) electrons. The van der Waals surface area contributed by atoms with Crippen molar-refractivity contribution in [3.8, 4) is 0 Å². The molecule has 2 rings (SSSR count). The van der Waals surface area contributed by atoms with E-state index in [-0.39, 0.29) is 11.8 Å². The third-order valence-corrected chi connectivity index (χ3v) is 4.42. The third-order valence-electron chi connectivity index (χ3n) is 3.28. The summed E-state index contributed by atoms with van der Waals surface area (Å²) >= 11 is 2.03. The molecule has 1 amide bonds. The number of carbonyl (C=O) groups is 1. The summed E-state index contributed by atoms with van der Waals surface area (Å²) in [6.07, 6.45) is 3.41. The van der Waals surface area contributed by atoms with Gasteiger partial charge in [0.05, 0.1) is 5.92 Å². The van der Waals surface area contributed by atoms with Gasteiger partial charge in [-0.15, -0.1) is 0 Å². The highest BCUT2D eigenvalue weighted by molar-refractivity contribution is 7.99. The van der Waals surface area contributed by atoms with Gasteiger partial charge in [-0.05, 0) is 31.6 Å². The van der Waals surface area contributed by atoms with Gasteiger partial charge in [0, 0.05) is 18.3 Å². The molecule has 0 aliphatic carbocycles. The van der Waals surface area contributed by atoms with Crippen LogP contribution in [0.1, 0.15) is 19.3 Å². The smallest absolute Gasteiger partial charge is 0.221 e. The van der Waals surface area contributed by atoms with Gasteiger partial charge in [0.2, 0.25) is 5.91 Å². The van der Waals surface area contributed by atoms with Crippen molar-refractivity contribution in [3.63, 3.8) is 0 Å². The Labute approximate surface area is 89.4 Å². The maximum absolute atomic E-state index is 11.1. The van der Waals surface area contributed by atoms with Crippen molar-refractivity contribution in [2.24, 2.45) is 11.7 Å². The largest absolute Gasteiger partial charge is 0.369 e. The summed E-state index contributed by atoms with van der Waals surface area (Å²) in [6.45, 7) is 2.07. The minimum atomic E-state index is -0.111. The first-order valence-electron chi connectivity index (χ1n) is 5.38. The van der Waals surface area contributed by atoms with E-state index in [1.165, 1.54) is 17.9 Å². The Morgan fingerprint density at radius 3 is 2.93 bits per heavy atom. The van der Waals surface area contributed by atoms with Crippen molar-refractivity contribution < 1.29 is 4.79 Å². The van der Waals surface area contributed by atoms with E-state index in [0.29, 0.717) is 6.04 Å². The molecular formula is C10H18N2OS. The summed E-state index contributed by atoms with van der Waals surface area (Å²) in [7, 11) is 0. The van der Waals surface area contributed by atoms with Gasteiger partial charge >= 0.3 is 0 Å². The molecule has 0 bridgehead atoms. The molecule has 2 atom stereocenters. The maximum Gasteiger partial charge on any atom is 0.221 e. The Kier molecular flexibility index (Phi) is 3.34. The number of rotatable bonds is 2. The van der Waals surface area contributed by atoms with Gasteiger partial charge in [-0.2, -0.15) is 11.8 Å². The van der Waals surface area contributed by atoms with Gasteiger partial charge in [0.1, 0.15) is 0 Å². The van der Waals surface area contributed by atoms with Crippen LogP contribution < -0.4 is 5.73 Å². The first kappa shape index (κ1) is 10.3. The zero-order valence-electron chi connectivity index (χ0n) is 8.45. The molecule has 0 unspecified atom stereocenters. The van der Waals surface area contributed by atoms with E-state index >= 15 is 0 Å². The summed E-state index contributed by atoms with van der Waals surface area (Å²) in [6, 6.07) is 0.710. The van der Waals surface area contributed by atoms with E-state index in [9.17, 15) is 4.79 Å². The summed E-state index contributed by atoms with van der Waals surface area (Å²) in [5.41, 5.74) is 5.36. The van der Waals surface area contributed by atoms with Crippen LogP contribution in [0.25, 0.3) is 0 Å². The predicted octanol–water partition coefficient (Wildman–Crippen LogP) is 0.689. The lowest BCUT2D eigenvalue weighted by molar-refractivity contribution is -0.123. The Morgan fingerprint density at radius 2 is 2.29 bits per heavy atom. The number of piperidine rings is 1. The Bertz CT molecular complexity index is 216. The van der Waals surface area contributed by atoms with Crippen LogP contribution in [-0.4, -0.2) is 41.4 Å². The van der Waals surface area contributed by atoms with Gasteiger partial charge in [-0.3, -0.25) is 9.69 Å².